The van der Waals surface area contributed by atoms with Crippen LogP contribution in [0.2, 0.25) is 0 Å². The second-order valence-corrected chi connectivity index (χ2v) is 5.93. The third kappa shape index (κ3) is 3.94. The molecule has 21 heavy (non-hydrogen) atoms. The first-order valence-corrected chi connectivity index (χ1v) is 7.82. The van der Waals surface area contributed by atoms with E-state index < -0.39 is 0 Å². The number of hydrogen-bond acceptors (Lipinski definition) is 2. The minimum absolute atomic E-state index is 0.00382. The van der Waals surface area contributed by atoms with Gasteiger partial charge in [0.15, 0.2) is 12.4 Å². The van der Waals surface area contributed by atoms with Crippen molar-refractivity contribution in [1.82, 2.24) is 0 Å². The van der Waals surface area contributed by atoms with Gasteiger partial charge in [-0.1, -0.05) is 47.1 Å². The lowest BCUT2D eigenvalue weighted by molar-refractivity contribution is 0.0921. The smallest absolute Gasteiger partial charge is 0.200 e. The predicted molar refractivity (Wildman–Crippen MR) is 89.3 cm³/mol. The summed E-state index contributed by atoms with van der Waals surface area (Å²) >= 11 is 3.52. The number of carbonyl (C=O) groups is 1. The van der Waals surface area contributed by atoms with Gasteiger partial charge in [0.25, 0.3) is 0 Å². The molecule has 0 spiro atoms. The number of ketones is 1. The summed E-state index contributed by atoms with van der Waals surface area (Å²) in [6.07, 6.45) is 0.975. The van der Waals surface area contributed by atoms with E-state index in [1.165, 1.54) is 5.56 Å². The Morgan fingerprint density at radius 1 is 1.10 bits per heavy atom. The summed E-state index contributed by atoms with van der Waals surface area (Å²) < 4.78 is 6.70. The number of carbonyl (C=O) groups excluding carboxylic acids is 1. The lowest BCUT2D eigenvalue weighted by Crippen LogP contribution is -2.11. The van der Waals surface area contributed by atoms with Crippen LogP contribution in [0.15, 0.2) is 40.9 Å². The summed E-state index contributed by atoms with van der Waals surface area (Å²) in [6.45, 7) is 6.18. The molecule has 0 fully saturated rings. The summed E-state index contributed by atoms with van der Waals surface area (Å²) in [7, 11) is 0. The predicted octanol–water partition coefficient (Wildman–Crippen LogP) is 4.89. The molecule has 2 aromatic carbocycles. The van der Waals surface area contributed by atoms with Crippen LogP contribution in [-0.4, -0.2) is 12.4 Å². The van der Waals surface area contributed by atoms with E-state index in [0.29, 0.717) is 5.56 Å². The fourth-order valence-electron chi connectivity index (χ4n) is 2.15. The van der Waals surface area contributed by atoms with Gasteiger partial charge in [-0.25, -0.2) is 0 Å². The highest BCUT2D eigenvalue weighted by Gasteiger charge is 2.08. The molecule has 0 heterocycles. The van der Waals surface area contributed by atoms with Crippen molar-refractivity contribution < 1.29 is 9.53 Å². The minimum atomic E-state index is -0.00382. The molecule has 0 aromatic heterocycles. The van der Waals surface area contributed by atoms with Crippen molar-refractivity contribution in [2.45, 2.75) is 27.2 Å². The molecule has 0 amide bonds. The molecule has 3 heteroatoms. The molecule has 0 saturated carbocycles. The summed E-state index contributed by atoms with van der Waals surface area (Å²) in [5.74, 6) is 0.725. The van der Waals surface area contributed by atoms with E-state index in [0.717, 1.165) is 27.8 Å². The third-order valence-corrected chi connectivity index (χ3v) is 4.71. The Bertz CT molecular complexity index is 622. The van der Waals surface area contributed by atoms with Gasteiger partial charge in [-0.15, -0.1) is 0 Å². The van der Waals surface area contributed by atoms with Crippen molar-refractivity contribution in [3.8, 4) is 5.75 Å². The van der Waals surface area contributed by atoms with Gasteiger partial charge in [-0.2, -0.15) is 0 Å². The lowest BCUT2D eigenvalue weighted by Gasteiger charge is -2.10. The van der Waals surface area contributed by atoms with Gasteiger partial charge < -0.3 is 4.74 Å². The van der Waals surface area contributed by atoms with E-state index in [2.05, 4.69) is 22.9 Å². The molecule has 0 bridgehead atoms. The van der Waals surface area contributed by atoms with Gasteiger partial charge in [0.1, 0.15) is 5.75 Å². The van der Waals surface area contributed by atoms with Crippen LogP contribution < -0.4 is 4.74 Å². The average Bonchev–Trinajstić information content (AvgIpc) is 2.50. The number of halogens is 1. The zero-order chi connectivity index (χ0) is 15.4. The number of Topliss-reactive ketones (excluding diaryl/α,β-unsaturated/α-hetero) is 1. The summed E-state index contributed by atoms with van der Waals surface area (Å²) in [4.78, 5) is 12.1. The molecule has 0 saturated heterocycles. The Labute approximate surface area is 134 Å². The first kappa shape index (κ1) is 15.8. The molecule has 2 nitrogen and oxygen atoms in total. The fraction of sp³-hybridized carbons (Fsp3) is 0.278. The number of ether oxygens (including phenoxy) is 1. The van der Waals surface area contributed by atoms with Gasteiger partial charge >= 0.3 is 0 Å². The van der Waals surface area contributed by atoms with Crippen molar-refractivity contribution >= 4 is 21.7 Å². The second kappa shape index (κ2) is 6.90. The number of hydrogen-bond donors (Lipinski definition) is 0. The molecule has 0 N–H and O–H groups in total. The summed E-state index contributed by atoms with van der Waals surface area (Å²) in [5, 5.41) is 0. The molecule has 2 aromatic rings. The maximum atomic E-state index is 12.1. The molecule has 0 aliphatic heterocycles. The molecule has 0 radical (unpaired) electrons. The zero-order valence-electron chi connectivity index (χ0n) is 12.6. The van der Waals surface area contributed by atoms with Crippen molar-refractivity contribution in [3.63, 3.8) is 0 Å². The summed E-state index contributed by atoms with van der Waals surface area (Å²) in [5.41, 5.74) is 4.12. The number of benzene rings is 2. The van der Waals surface area contributed by atoms with E-state index in [1.54, 1.807) is 0 Å². The van der Waals surface area contributed by atoms with E-state index in [9.17, 15) is 4.79 Å². The lowest BCUT2D eigenvalue weighted by atomic mass is 10.1. The monoisotopic (exact) mass is 346 g/mol. The maximum Gasteiger partial charge on any atom is 0.200 e. The van der Waals surface area contributed by atoms with E-state index in [4.69, 9.17) is 4.74 Å². The zero-order valence-corrected chi connectivity index (χ0v) is 14.2. The molecule has 0 aliphatic rings. The number of rotatable bonds is 5. The standard InChI is InChI=1S/C18H19BrO2/c1-4-14-5-7-15(8-6-14)17(20)11-21-16-9-12(2)18(19)13(3)10-16/h5-10H,4,11H2,1-3H3. The highest BCUT2D eigenvalue weighted by molar-refractivity contribution is 9.10. The van der Waals surface area contributed by atoms with Crippen LogP contribution in [0.4, 0.5) is 0 Å². The molecule has 0 atom stereocenters. The highest BCUT2D eigenvalue weighted by atomic mass is 79.9. The normalized spacial score (nSPS) is 10.5. The molecular weight excluding hydrogens is 328 g/mol. The Morgan fingerprint density at radius 2 is 1.67 bits per heavy atom. The largest absolute Gasteiger partial charge is 0.485 e. The molecule has 2 rings (SSSR count). The van der Waals surface area contributed by atoms with E-state index in [1.807, 2.05) is 50.2 Å². The van der Waals surface area contributed by atoms with Crippen molar-refractivity contribution in [2.24, 2.45) is 0 Å². The third-order valence-electron chi connectivity index (χ3n) is 3.46. The highest BCUT2D eigenvalue weighted by Crippen LogP contribution is 2.26. The molecule has 110 valence electrons. The van der Waals surface area contributed by atoms with Crippen LogP contribution in [-0.2, 0) is 6.42 Å². The molecule has 0 unspecified atom stereocenters. The van der Waals surface area contributed by atoms with Gasteiger partial charge in [0.05, 0.1) is 0 Å². The van der Waals surface area contributed by atoms with Crippen LogP contribution in [0, 0.1) is 13.8 Å². The Kier molecular flexibility index (Phi) is 5.18. The van der Waals surface area contributed by atoms with Gasteiger partial charge in [0.2, 0.25) is 0 Å². The SMILES string of the molecule is CCc1ccc(C(=O)COc2cc(C)c(Br)c(C)c2)cc1. The Hall–Kier alpha value is -1.61. The average molecular weight is 347 g/mol. The van der Waals surface area contributed by atoms with Crippen LogP contribution in [0.5, 0.6) is 5.75 Å². The van der Waals surface area contributed by atoms with Crippen molar-refractivity contribution in [2.75, 3.05) is 6.61 Å². The number of aryl methyl sites for hydroxylation is 3. The van der Waals surface area contributed by atoms with E-state index in [-0.39, 0.29) is 12.4 Å². The Morgan fingerprint density at radius 3 is 2.19 bits per heavy atom. The molecular formula is C18H19BrO2. The first-order valence-electron chi connectivity index (χ1n) is 7.03. The van der Waals surface area contributed by atoms with Crippen LogP contribution in [0.1, 0.15) is 34.0 Å². The van der Waals surface area contributed by atoms with Crippen molar-refractivity contribution in [3.05, 3.63) is 63.1 Å². The maximum absolute atomic E-state index is 12.1. The first-order chi connectivity index (χ1) is 10.0. The van der Waals surface area contributed by atoms with Crippen LogP contribution in [0.25, 0.3) is 0 Å². The van der Waals surface area contributed by atoms with E-state index >= 15 is 0 Å². The minimum Gasteiger partial charge on any atom is -0.485 e. The fourth-order valence-corrected chi connectivity index (χ4v) is 2.38. The Balaban J connectivity index is 2.03. The van der Waals surface area contributed by atoms with Crippen LogP contribution in [0.3, 0.4) is 0 Å². The van der Waals surface area contributed by atoms with Gasteiger partial charge in [0, 0.05) is 10.0 Å². The van der Waals surface area contributed by atoms with Crippen LogP contribution >= 0.6 is 15.9 Å². The van der Waals surface area contributed by atoms with Crippen molar-refractivity contribution in [1.29, 1.82) is 0 Å². The summed E-state index contributed by atoms with van der Waals surface area (Å²) in [6, 6.07) is 11.6. The topological polar surface area (TPSA) is 26.3 Å². The van der Waals surface area contributed by atoms with Gasteiger partial charge in [-0.05, 0) is 49.1 Å². The van der Waals surface area contributed by atoms with Gasteiger partial charge in [-0.3, -0.25) is 4.79 Å². The second-order valence-electron chi connectivity index (χ2n) is 5.13. The molecule has 0 aliphatic carbocycles. The quantitative estimate of drug-likeness (QED) is 0.720.